The standard InChI is InChI=1S/C15H19NO4/c1-15(13(17)18)8-5-9-16(11-15)14(19)20-10-12-6-3-2-4-7-12/h2-4,6-7H,5,8-11H2,1H3,(H,17,18)/t15-/m0/s1. The molecule has 5 nitrogen and oxygen atoms in total. The summed E-state index contributed by atoms with van der Waals surface area (Å²) in [6.07, 6.45) is 0.828. The lowest BCUT2D eigenvalue weighted by atomic mass is 9.82. The second kappa shape index (κ2) is 5.94. The zero-order valence-corrected chi connectivity index (χ0v) is 11.5. The van der Waals surface area contributed by atoms with Gasteiger partial charge in [-0.15, -0.1) is 0 Å². The number of carboxylic acid groups (broad SMARTS) is 1. The van der Waals surface area contributed by atoms with E-state index in [2.05, 4.69) is 0 Å². The van der Waals surface area contributed by atoms with Gasteiger partial charge in [-0.1, -0.05) is 30.3 Å². The number of carboxylic acids is 1. The third kappa shape index (κ3) is 3.29. The molecule has 108 valence electrons. The lowest BCUT2D eigenvalue weighted by Gasteiger charge is -2.36. The number of nitrogens with zero attached hydrogens (tertiary/aromatic N) is 1. The summed E-state index contributed by atoms with van der Waals surface area (Å²) in [5.41, 5.74) is 0.0446. The molecule has 1 aromatic carbocycles. The molecule has 1 amide bonds. The summed E-state index contributed by atoms with van der Waals surface area (Å²) in [4.78, 5) is 24.7. The highest BCUT2D eigenvalue weighted by Gasteiger charge is 2.39. The van der Waals surface area contributed by atoms with Crippen molar-refractivity contribution in [3.63, 3.8) is 0 Å². The monoisotopic (exact) mass is 277 g/mol. The Bertz CT molecular complexity index is 488. The molecule has 0 spiro atoms. The largest absolute Gasteiger partial charge is 0.481 e. The Kier molecular flexibility index (Phi) is 4.27. The first-order valence-electron chi connectivity index (χ1n) is 6.70. The van der Waals surface area contributed by atoms with Crippen molar-refractivity contribution in [2.45, 2.75) is 26.4 Å². The Labute approximate surface area is 118 Å². The van der Waals surface area contributed by atoms with Gasteiger partial charge in [-0.05, 0) is 25.3 Å². The van der Waals surface area contributed by atoms with E-state index in [1.807, 2.05) is 30.3 Å². The molecule has 0 saturated carbocycles. The minimum atomic E-state index is -0.871. The number of carbonyl (C=O) groups excluding carboxylic acids is 1. The molecule has 1 aliphatic heterocycles. The van der Waals surface area contributed by atoms with Crippen molar-refractivity contribution in [1.82, 2.24) is 4.90 Å². The second-order valence-electron chi connectivity index (χ2n) is 5.43. The number of piperidine rings is 1. The Morgan fingerprint density at radius 1 is 1.35 bits per heavy atom. The topological polar surface area (TPSA) is 66.8 Å². The number of ether oxygens (including phenoxy) is 1. The number of carbonyl (C=O) groups is 2. The first kappa shape index (κ1) is 14.4. The number of hydrogen-bond donors (Lipinski definition) is 1. The maximum absolute atomic E-state index is 12.0. The van der Waals surface area contributed by atoms with Crippen LogP contribution in [0.2, 0.25) is 0 Å². The van der Waals surface area contributed by atoms with Gasteiger partial charge in [0.1, 0.15) is 6.61 Å². The van der Waals surface area contributed by atoms with Gasteiger partial charge in [0, 0.05) is 13.1 Å². The fourth-order valence-corrected chi connectivity index (χ4v) is 2.38. The van der Waals surface area contributed by atoms with E-state index < -0.39 is 17.5 Å². The fraction of sp³-hybridized carbons (Fsp3) is 0.467. The van der Waals surface area contributed by atoms with E-state index in [0.29, 0.717) is 19.4 Å². The molecule has 0 bridgehead atoms. The van der Waals surface area contributed by atoms with Crippen molar-refractivity contribution in [1.29, 1.82) is 0 Å². The molecule has 0 unspecified atom stereocenters. The lowest BCUT2D eigenvalue weighted by Crippen LogP contribution is -2.48. The lowest BCUT2D eigenvalue weighted by molar-refractivity contribution is -0.150. The minimum Gasteiger partial charge on any atom is -0.481 e. The van der Waals surface area contributed by atoms with Gasteiger partial charge in [0.15, 0.2) is 0 Å². The highest BCUT2D eigenvalue weighted by molar-refractivity contribution is 5.76. The second-order valence-corrected chi connectivity index (χ2v) is 5.43. The van der Waals surface area contributed by atoms with Gasteiger partial charge in [0.25, 0.3) is 0 Å². The SMILES string of the molecule is C[C@]1(C(=O)O)CCCN(C(=O)OCc2ccccc2)C1. The molecule has 1 saturated heterocycles. The highest BCUT2D eigenvalue weighted by atomic mass is 16.6. The van der Waals surface area contributed by atoms with E-state index >= 15 is 0 Å². The molecule has 0 aliphatic carbocycles. The molecule has 1 N–H and O–H groups in total. The minimum absolute atomic E-state index is 0.204. The fourth-order valence-electron chi connectivity index (χ4n) is 2.38. The Balaban J connectivity index is 1.91. The Hall–Kier alpha value is -2.04. The summed E-state index contributed by atoms with van der Waals surface area (Å²) in [6, 6.07) is 9.42. The number of benzene rings is 1. The van der Waals surface area contributed by atoms with Crippen molar-refractivity contribution in [3.05, 3.63) is 35.9 Å². The van der Waals surface area contributed by atoms with Crippen molar-refractivity contribution in [2.24, 2.45) is 5.41 Å². The van der Waals surface area contributed by atoms with Gasteiger partial charge in [-0.2, -0.15) is 0 Å². The number of hydrogen-bond acceptors (Lipinski definition) is 3. The smallest absolute Gasteiger partial charge is 0.410 e. The van der Waals surface area contributed by atoms with Gasteiger partial charge in [-0.25, -0.2) is 4.79 Å². The van der Waals surface area contributed by atoms with E-state index in [-0.39, 0.29) is 13.2 Å². The first-order valence-corrected chi connectivity index (χ1v) is 6.70. The van der Waals surface area contributed by atoms with E-state index in [1.165, 1.54) is 4.90 Å². The average Bonchev–Trinajstić information content (AvgIpc) is 2.46. The predicted octanol–water partition coefficient (Wildman–Crippen LogP) is 2.51. The third-order valence-electron chi connectivity index (χ3n) is 3.68. The Morgan fingerprint density at radius 2 is 2.05 bits per heavy atom. The normalized spacial score (nSPS) is 22.4. The molecular formula is C15H19NO4. The zero-order chi connectivity index (χ0) is 14.6. The molecule has 1 heterocycles. The molecule has 1 fully saturated rings. The molecule has 5 heteroatoms. The Morgan fingerprint density at radius 3 is 2.70 bits per heavy atom. The van der Waals surface area contributed by atoms with Crippen LogP contribution in [0.25, 0.3) is 0 Å². The predicted molar refractivity (Wildman–Crippen MR) is 73.2 cm³/mol. The number of likely N-dealkylation sites (tertiary alicyclic amines) is 1. The van der Waals surface area contributed by atoms with Gasteiger partial charge < -0.3 is 14.7 Å². The van der Waals surface area contributed by atoms with Crippen LogP contribution in [-0.4, -0.2) is 35.2 Å². The summed E-state index contributed by atoms with van der Waals surface area (Å²) in [5, 5.41) is 9.23. The van der Waals surface area contributed by atoms with Crippen LogP contribution in [-0.2, 0) is 16.1 Å². The third-order valence-corrected chi connectivity index (χ3v) is 3.68. The summed E-state index contributed by atoms with van der Waals surface area (Å²) in [7, 11) is 0. The van der Waals surface area contributed by atoms with Gasteiger partial charge >= 0.3 is 12.1 Å². The van der Waals surface area contributed by atoms with Crippen molar-refractivity contribution in [2.75, 3.05) is 13.1 Å². The maximum atomic E-state index is 12.0. The number of rotatable bonds is 3. The van der Waals surface area contributed by atoms with E-state index in [9.17, 15) is 14.7 Å². The van der Waals surface area contributed by atoms with Gasteiger partial charge in [-0.3, -0.25) is 4.79 Å². The first-order chi connectivity index (χ1) is 9.51. The van der Waals surface area contributed by atoms with Crippen LogP contribution in [0, 0.1) is 5.41 Å². The van der Waals surface area contributed by atoms with Gasteiger partial charge in [0.05, 0.1) is 5.41 Å². The van der Waals surface area contributed by atoms with Crippen LogP contribution in [0.15, 0.2) is 30.3 Å². The number of aliphatic carboxylic acids is 1. The summed E-state index contributed by atoms with van der Waals surface area (Å²) in [5.74, 6) is -0.863. The van der Waals surface area contributed by atoms with E-state index in [1.54, 1.807) is 6.92 Å². The quantitative estimate of drug-likeness (QED) is 0.921. The molecule has 1 atom stereocenters. The van der Waals surface area contributed by atoms with Crippen LogP contribution in [0.5, 0.6) is 0 Å². The van der Waals surface area contributed by atoms with Crippen molar-refractivity contribution < 1.29 is 19.4 Å². The summed E-state index contributed by atoms with van der Waals surface area (Å²) < 4.78 is 5.23. The van der Waals surface area contributed by atoms with Crippen LogP contribution in [0.4, 0.5) is 4.79 Å². The molecule has 20 heavy (non-hydrogen) atoms. The van der Waals surface area contributed by atoms with E-state index in [4.69, 9.17) is 4.74 Å². The van der Waals surface area contributed by atoms with Crippen LogP contribution < -0.4 is 0 Å². The zero-order valence-electron chi connectivity index (χ0n) is 11.5. The highest BCUT2D eigenvalue weighted by Crippen LogP contribution is 2.30. The van der Waals surface area contributed by atoms with Crippen LogP contribution in [0.1, 0.15) is 25.3 Å². The summed E-state index contributed by atoms with van der Waals surface area (Å²) in [6.45, 7) is 2.64. The van der Waals surface area contributed by atoms with Crippen molar-refractivity contribution in [3.8, 4) is 0 Å². The van der Waals surface area contributed by atoms with Crippen LogP contribution in [0.3, 0.4) is 0 Å². The molecule has 0 radical (unpaired) electrons. The van der Waals surface area contributed by atoms with E-state index in [0.717, 1.165) is 5.56 Å². The molecule has 2 rings (SSSR count). The summed E-state index contributed by atoms with van der Waals surface area (Å²) >= 11 is 0. The molecule has 0 aromatic heterocycles. The van der Waals surface area contributed by atoms with Crippen molar-refractivity contribution >= 4 is 12.1 Å². The maximum Gasteiger partial charge on any atom is 0.410 e. The van der Waals surface area contributed by atoms with Crippen LogP contribution >= 0.6 is 0 Å². The number of amides is 1. The van der Waals surface area contributed by atoms with Gasteiger partial charge in [0.2, 0.25) is 0 Å². The molecule has 1 aliphatic rings. The molecule has 1 aromatic rings. The average molecular weight is 277 g/mol. The molecular weight excluding hydrogens is 258 g/mol.